The molecule has 8 nitrogen and oxygen atoms in total. The highest BCUT2D eigenvalue weighted by Crippen LogP contribution is 2.14. The normalized spacial score (nSPS) is 10.2. The molecule has 0 aliphatic heterocycles. The fraction of sp³-hybridized carbons (Fsp3) is 0.467. The highest BCUT2D eigenvalue weighted by molar-refractivity contribution is 5.94. The van der Waals surface area contributed by atoms with Crippen LogP contribution in [0.25, 0.3) is 0 Å². The van der Waals surface area contributed by atoms with Gasteiger partial charge in [0.2, 0.25) is 0 Å². The summed E-state index contributed by atoms with van der Waals surface area (Å²) in [7, 11) is 2.85. The Kier molecular flexibility index (Phi) is 7.69. The number of nitro groups is 1. The minimum Gasteiger partial charge on any atom is -0.469 e. The van der Waals surface area contributed by atoms with Crippen LogP contribution in [-0.2, 0) is 14.3 Å². The first-order valence-electron chi connectivity index (χ1n) is 7.09. The van der Waals surface area contributed by atoms with Crippen LogP contribution in [0.3, 0.4) is 0 Å². The lowest BCUT2D eigenvalue weighted by atomic mass is 10.1. The van der Waals surface area contributed by atoms with Crippen molar-refractivity contribution in [3.05, 3.63) is 39.9 Å². The SMILES string of the molecule is COCCCN(CCC(=O)OC)C(=O)c1ccc([N+](=O)[O-])cc1. The lowest BCUT2D eigenvalue weighted by molar-refractivity contribution is -0.384. The average molecular weight is 324 g/mol. The van der Waals surface area contributed by atoms with Gasteiger partial charge in [-0.05, 0) is 18.6 Å². The lowest BCUT2D eigenvalue weighted by Crippen LogP contribution is -2.34. The Bertz CT molecular complexity index is 543. The third-order valence-corrected chi connectivity index (χ3v) is 3.20. The van der Waals surface area contributed by atoms with Gasteiger partial charge in [0.1, 0.15) is 0 Å². The first-order chi connectivity index (χ1) is 11.0. The first-order valence-corrected chi connectivity index (χ1v) is 7.09. The second-order valence-electron chi connectivity index (χ2n) is 4.77. The topological polar surface area (TPSA) is 99.0 Å². The number of ether oxygens (including phenoxy) is 2. The number of methoxy groups -OCH3 is 2. The molecule has 0 saturated carbocycles. The van der Waals surface area contributed by atoms with Gasteiger partial charge in [-0.2, -0.15) is 0 Å². The van der Waals surface area contributed by atoms with Gasteiger partial charge >= 0.3 is 5.97 Å². The van der Waals surface area contributed by atoms with Crippen LogP contribution in [0.15, 0.2) is 24.3 Å². The van der Waals surface area contributed by atoms with Gasteiger partial charge in [-0.3, -0.25) is 19.7 Å². The molecule has 1 amide bonds. The van der Waals surface area contributed by atoms with E-state index >= 15 is 0 Å². The summed E-state index contributed by atoms with van der Waals surface area (Å²) in [4.78, 5) is 35.4. The van der Waals surface area contributed by atoms with Crippen molar-refractivity contribution >= 4 is 17.6 Å². The van der Waals surface area contributed by atoms with E-state index in [1.807, 2.05) is 0 Å². The number of benzene rings is 1. The van der Waals surface area contributed by atoms with E-state index in [0.717, 1.165) is 0 Å². The molecule has 0 saturated heterocycles. The van der Waals surface area contributed by atoms with Gasteiger partial charge in [-0.25, -0.2) is 0 Å². The zero-order valence-electron chi connectivity index (χ0n) is 13.2. The summed E-state index contributed by atoms with van der Waals surface area (Å²) in [6.07, 6.45) is 0.707. The van der Waals surface area contributed by atoms with Crippen molar-refractivity contribution in [1.29, 1.82) is 0 Å². The molecule has 1 aromatic carbocycles. The standard InChI is InChI=1S/C15H20N2O6/c1-22-11-3-9-16(10-8-14(18)23-2)15(19)12-4-6-13(7-5-12)17(20)21/h4-7H,3,8-11H2,1-2H3. The molecule has 23 heavy (non-hydrogen) atoms. The fourth-order valence-corrected chi connectivity index (χ4v) is 1.95. The molecule has 0 heterocycles. The quantitative estimate of drug-likeness (QED) is 0.296. The molecule has 0 radical (unpaired) electrons. The maximum atomic E-state index is 12.5. The highest BCUT2D eigenvalue weighted by Gasteiger charge is 2.18. The molecule has 0 atom stereocenters. The molecule has 8 heteroatoms. The molecule has 0 aromatic heterocycles. The average Bonchev–Trinajstić information content (AvgIpc) is 2.57. The molecule has 0 fully saturated rings. The molecule has 1 aromatic rings. The van der Waals surface area contributed by atoms with Crippen LogP contribution in [0, 0.1) is 10.1 Å². The van der Waals surface area contributed by atoms with Gasteiger partial charge in [-0.1, -0.05) is 0 Å². The van der Waals surface area contributed by atoms with Crippen LogP contribution in [-0.4, -0.2) is 55.6 Å². The van der Waals surface area contributed by atoms with Crippen molar-refractivity contribution in [3.63, 3.8) is 0 Å². The van der Waals surface area contributed by atoms with Crippen molar-refractivity contribution < 1.29 is 24.0 Å². The molecule has 0 spiro atoms. The number of rotatable bonds is 9. The number of carbonyl (C=O) groups excluding carboxylic acids is 2. The Morgan fingerprint density at radius 2 is 1.83 bits per heavy atom. The first kappa shape index (κ1) is 18.6. The van der Waals surface area contributed by atoms with E-state index in [2.05, 4.69) is 4.74 Å². The number of nitrogens with zero attached hydrogens (tertiary/aromatic N) is 2. The van der Waals surface area contributed by atoms with Gasteiger partial charge in [-0.15, -0.1) is 0 Å². The zero-order chi connectivity index (χ0) is 17.2. The second kappa shape index (κ2) is 9.52. The van der Waals surface area contributed by atoms with E-state index in [-0.39, 0.29) is 24.6 Å². The smallest absolute Gasteiger partial charge is 0.307 e. The zero-order valence-corrected chi connectivity index (χ0v) is 13.2. The van der Waals surface area contributed by atoms with E-state index < -0.39 is 10.9 Å². The maximum absolute atomic E-state index is 12.5. The number of carbonyl (C=O) groups is 2. The summed E-state index contributed by atoms with van der Waals surface area (Å²) in [5.74, 6) is -0.696. The summed E-state index contributed by atoms with van der Waals surface area (Å²) < 4.78 is 9.54. The molecular formula is C15H20N2O6. The molecule has 0 bridgehead atoms. The van der Waals surface area contributed by atoms with Gasteiger partial charge in [0, 0.05) is 44.5 Å². The van der Waals surface area contributed by atoms with Gasteiger partial charge < -0.3 is 14.4 Å². The fourth-order valence-electron chi connectivity index (χ4n) is 1.95. The van der Waals surface area contributed by atoms with Gasteiger partial charge in [0.15, 0.2) is 0 Å². The second-order valence-corrected chi connectivity index (χ2v) is 4.77. The van der Waals surface area contributed by atoms with Crippen molar-refractivity contribution in [3.8, 4) is 0 Å². The van der Waals surface area contributed by atoms with E-state index in [1.165, 1.54) is 36.3 Å². The molecule has 0 unspecified atom stereocenters. The van der Waals surface area contributed by atoms with Crippen LogP contribution in [0.4, 0.5) is 5.69 Å². The number of hydrogen-bond acceptors (Lipinski definition) is 6. The van der Waals surface area contributed by atoms with Crippen LogP contribution in [0.5, 0.6) is 0 Å². The van der Waals surface area contributed by atoms with E-state index in [0.29, 0.717) is 25.1 Å². The number of non-ortho nitro benzene ring substituents is 1. The largest absolute Gasteiger partial charge is 0.469 e. The molecule has 0 aliphatic carbocycles. The van der Waals surface area contributed by atoms with Crippen molar-refractivity contribution in [1.82, 2.24) is 4.90 Å². The Morgan fingerprint density at radius 1 is 1.17 bits per heavy atom. The Hall–Kier alpha value is -2.48. The Labute approximate surface area is 134 Å². The van der Waals surface area contributed by atoms with E-state index in [4.69, 9.17) is 4.74 Å². The van der Waals surface area contributed by atoms with Crippen LogP contribution < -0.4 is 0 Å². The molecule has 0 N–H and O–H groups in total. The summed E-state index contributed by atoms with van der Waals surface area (Å²) >= 11 is 0. The van der Waals surface area contributed by atoms with Crippen molar-refractivity contribution in [2.75, 3.05) is 33.9 Å². The molecule has 126 valence electrons. The molecule has 1 rings (SSSR count). The minimum absolute atomic E-state index is 0.0814. The van der Waals surface area contributed by atoms with Crippen molar-refractivity contribution in [2.24, 2.45) is 0 Å². The number of amides is 1. The maximum Gasteiger partial charge on any atom is 0.307 e. The van der Waals surface area contributed by atoms with E-state index in [9.17, 15) is 19.7 Å². The predicted octanol–water partition coefficient (Wildman–Crippen LogP) is 1.64. The summed E-state index contributed by atoms with van der Waals surface area (Å²) in [5, 5.41) is 10.6. The number of hydrogen-bond donors (Lipinski definition) is 0. The third kappa shape index (κ3) is 6.03. The summed E-state index contributed by atoms with van der Waals surface area (Å²) in [6, 6.07) is 5.37. The number of esters is 1. The number of nitro benzene ring substituents is 1. The monoisotopic (exact) mass is 324 g/mol. The van der Waals surface area contributed by atoms with E-state index in [1.54, 1.807) is 7.11 Å². The molecular weight excluding hydrogens is 304 g/mol. The third-order valence-electron chi connectivity index (χ3n) is 3.20. The van der Waals surface area contributed by atoms with Gasteiger partial charge in [0.25, 0.3) is 11.6 Å². The predicted molar refractivity (Wildman–Crippen MR) is 82.1 cm³/mol. The Morgan fingerprint density at radius 3 is 2.35 bits per heavy atom. The van der Waals surface area contributed by atoms with Crippen LogP contribution in [0.2, 0.25) is 0 Å². The van der Waals surface area contributed by atoms with Crippen LogP contribution >= 0.6 is 0 Å². The Balaban J connectivity index is 2.79. The lowest BCUT2D eigenvalue weighted by Gasteiger charge is -2.22. The minimum atomic E-state index is -0.526. The summed E-state index contributed by atoms with van der Waals surface area (Å²) in [5.41, 5.74) is 0.250. The van der Waals surface area contributed by atoms with Gasteiger partial charge in [0.05, 0.1) is 18.5 Å². The van der Waals surface area contributed by atoms with Crippen LogP contribution in [0.1, 0.15) is 23.2 Å². The molecule has 0 aliphatic rings. The van der Waals surface area contributed by atoms with Crippen molar-refractivity contribution in [2.45, 2.75) is 12.8 Å². The summed E-state index contributed by atoms with van der Waals surface area (Å²) in [6.45, 7) is 1.12. The highest BCUT2D eigenvalue weighted by atomic mass is 16.6.